The molecule has 0 aliphatic carbocycles. The van der Waals surface area contributed by atoms with Crippen molar-refractivity contribution in [3.8, 4) is 0 Å². The summed E-state index contributed by atoms with van der Waals surface area (Å²) in [6.45, 7) is 5.50. The van der Waals surface area contributed by atoms with E-state index in [9.17, 15) is 5.11 Å². The quantitative estimate of drug-likeness (QED) is 0.151. The van der Waals surface area contributed by atoms with E-state index in [4.69, 9.17) is 0 Å². The van der Waals surface area contributed by atoms with Crippen LogP contribution in [0.4, 0.5) is 0 Å². The Balaban J connectivity index is 3.08. The third kappa shape index (κ3) is 22.0. The minimum absolute atomic E-state index is 0.279. The average molecular weight is 370 g/mol. The van der Waals surface area contributed by atoms with Crippen molar-refractivity contribution in [3.05, 3.63) is 0 Å². The molecule has 1 unspecified atom stereocenters. The van der Waals surface area contributed by atoms with Crippen molar-refractivity contribution >= 4 is 0 Å². The first-order valence-electron chi connectivity index (χ1n) is 12.2. The van der Waals surface area contributed by atoms with Gasteiger partial charge in [0.15, 0.2) is 0 Å². The second kappa shape index (κ2) is 23.0. The van der Waals surface area contributed by atoms with Gasteiger partial charge in [-0.25, -0.2) is 0 Å². The first-order chi connectivity index (χ1) is 12.8. The molecule has 2 heteroatoms. The highest BCUT2D eigenvalue weighted by Crippen LogP contribution is 2.13. The monoisotopic (exact) mass is 369 g/mol. The number of rotatable bonds is 22. The second-order valence-corrected chi connectivity index (χ2v) is 8.27. The van der Waals surface area contributed by atoms with Gasteiger partial charge in [0.25, 0.3) is 0 Å². The maximum Gasteiger partial charge on any atom is 0.104 e. The van der Waals surface area contributed by atoms with Crippen molar-refractivity contribution in [2.75, 3.05) is 6.54 Å². The van der Waals surface area contributed by atoms with Crippen molar-refractivity contribution < 1.29 is 5.11 Å². The van der Waals surface area contributed by atoms with Crippen molar-refractivity contribution in [1.29, 1.82) is 0 Å². The number of aliphatic hydroxyl groups excluding tert-OH is 1. The van der Waals surface area contributed by atoms with Crippen molar-refractivity contribution in [2.45, 2.75) is 148 Å². The summed E-state index contributed by atoms with van der Waals surface area (Å²) in [4.78, 5) is 0. The minimum Gasteiger partial charge on any atom is -0.379 e. The molecule has 0 bridgehead atoms. The normalized spacial score (nSPS) is 12.6. The van der Waals surface area contributed by atoms with E-state index < -0.39 is 0 Å². The highest BCUT2D eigenvalue weighted by Gasteiger charge is 2.02. The Labute approximate surface area is 165 Å². The van der Waals surface area contributed by atoms with E-state index in [0.29, 0.717) is 0 Å². The van der Waals surface area contributed by atoms with Gasteiger partial charge in [0.1, 0.15) is 6.23 Å². The van der Waals surface area contributed by atoms with Crippen LogP contribution in [0, 0.1) is 0 Å². The molecule has 0 saturated carbocycles. The highest BCUT2D eigenvalue weighted by molar-refractivity contribution is 4.56. The maximum absolute atomic E-state index is 9.90. The van der Waals surface area contributed by atoms with Gasteiger partial charge < -0.3 is 5.11 Å². The van der Waals surface area contributed by atoms with E-state index in [2.05, 4.69) is 19.2 Å². The van der Waals surface area contributed by atoms with Gasteiger partial charge in [-0.15, -0.1) is 0 Å². The lowest BCUT2D eigenvalue weighted by atomic mass is 10.0. The van der Waals surface area contributed by atoms with Crippen LogP contribution in [0.2, 0.25) is 0 Å². The summed E-state index contributed by atoms with van der Waals surface area (Å²) < 4.78 is 0. The van der Waals surface area contributed by atoms with Crippen LogP contribution >= 0.6 is 0 Å². The summed E-state index contributed by atoms with van der Waals surface area (Å²) in [6, 6.07) is 0. The lowest BCUT2D eigenvalue weighted by Gasteiger charge is -2.12. The fraction of sp³-hybridized carbons (Fsp3) is 1.00. The van der Waals surface area contributed by atoms with Crippen LogP contribution in [0.1, 0.15) is 142 Å². The van der Waals surface area contributed by atoms with Crippen molar-refractivity contribution in [1.82, 2.24) is 5.32 Å². The molecule has 0 saturated heterocycles. The van der Waals surface area contributed by atoms with Crippen LogP contribution < -0.4 is 5.32 Å². The molecule has 0 heterocycles. The molecule has 0 aliphatic rings. The fourth-order valence-corrected chi connectivity index (χ4v) is 3.63. The molecule has 158 valence electrons. The van der Waals surface area contributed by atoms with Gasteiger partial charge in [0.05, 0.1) is 0 Å². The third-order valence-electron chi connectivity index (χ3n) is 5.49. The molecular formula is C24H51NO. The zero-order chi connectivity index (χ0) is 19.1. The molecule has 1 atom stereocenters. The van der Waals surface area contributed by atoms with Crippen LogP contribution in [-0.4, -0.2) is 17.9 Å². The molecule has 2 nitrogen and oxygen atoms in total. The fourth-order valence-electron chi connectivity index (χ4n) is 3.63. The van der Waals surface area contributed by atoms with Gasteiger partial charge in [-0.3, -0.25) is 5.32 Å². The standard InChI is InChI=1S/C24H51NO/c1-3-5-7-9-10-11-12-13-14-15-16-17-18-19-20-22-24(26)25-23-21-8-6-4-2/h24-26H,3-23H2,1-2H3. The molecule has 26 heavy (non-hydrogen) atoms. The lowest BCUT2D eigenvalue weighted by Crippen LogP contribution is -2.29. The van der Waals surface area contributed by atoms with E-state index in [1.165, 1.54) is 122 Å². The largest absolute Gasteiger partial charge is 0.379 e. The van der Waals surface area contributed by atoms with Gasteiger partial charge in [-0.1, -0.05) is 123 Å². The summed E-state index contributed by atoms with van der Waals surface area (Å²) in [5, 5.41) is 13.1. The summed E-state index contributed by atoms with van der Waals surface area (Å²) in [5.74, 6) is 0. The topological polar surface area (TPSA) is 32.3 Å². The zero-order valence-electron chi connectivity index (χ0n) is 18.4. The third-order valence-corrected chi connectivity index (χ3v) is 5.49. The van der Waals surface area contributed by atoms with Crippen LogP contribution in [-0.2, 0) is 0 Å². The molecule has 0 radical (unpaired) electrons. The predicted octanol–water partition coefficient (Wildman–Crippen LogP) is 7.74. The first kappa shape index (κ1) is 25.9. The molecule has 0 aromatic rings. The lowest BCUT2D eigenvalue weighted by molar-refractivity contribution is 0.124. The average Bonchev–Trinajstić information content (AvgIpc) is 2.64. The van der Waals surface area contributed by atoms with E-state index in [1.807, 2.05) is 0 Å². The number of unbranched alkanes of at least 4 members (excludes halogenated alkanes) is 17. The summed E-state index contributed by atoms with van der Waals surface area (Å²) in [7, 11) is 0. The molecular weight excluding hydrogens is 318 g/mol. The van der Waals surface area contributed by atoms with Crippen LogP contribution in [0.15, 0.2) is 0 Å². The molecule has 0 fully saturated rings. The Morgan fingerprint density at radius 2 is 0.846 bits per heavy atom. The molecule has 0 aromatic carbocycles. The van der Waals surface area contributed by atoms with Crippen LogP contribution in [0.5, 0.6) is 0 Å². The summed E-state index contributed by atoms with van der Waals surface area (Å²) >= 11 is 0. The van der Waals surface area contributed by atoms with E-state index in [0.717, 1.165) is 13.0 Å². The summed E-state index contributed by atoms with van der Waals surface area (Å²) in [6.07, 6.45) is 26.7. The first-order valence-corrected chi connectivity index (χ1v) is 12.2. The van der Waals surface area contributed by atoms with Crippen LogP contribution in [0.3, 0.4) is 0 Å². The van der Waals surface area contributed by atoms with Crippen molar-refractivity contribution in [3.63, 3.8) is 0 Å². The highest BCUT2D eigenvalue weighted by atomic mass is 16.3. The van der Waals surface area contributed by atoms with Gasteiger partial charge in [0.2, 0.25) is 0 Å². The Morgan fingerprint density at radius 3 is 1.27 bits per heavy atom. The molecule has 2 N–H and O–H groups in total. The number of hydrogen-bond acceptors (Lipinski definition) is 2. The van der Waals surface area contributed by atoms with Crippen LogP contribution in [0.25, 0.3) is 0 Å². The van der Waals surface area contributed by atoms with Gasteiger partial charge in [-0.05, 0) is 25.8 Å². The van der Waals surface area contributed by atoms with E-state index >= 15 is 0 Å². The number of hydrogen-bond donors (Lipinski definition) is 2. The Morgan fingerprint density at radius 1 is 0.500 bits per heavy atom. The number of aliphatic hydroxyl groups is 1. The van der Waals surface area contributed by atoms with E-state index in [1.54, 1.807) is 0 Å². The van der Waals surface area contributed by atoms with Gasteiger partial charge in [0, 0.05) is 0 Å². The molecule has 0 spiro atoms. The molecule has 0 aromatic heterocycles. The predicted molar refractivity (Wildman–Crippen MR) is 118 cm³/mol. The summed E-state index contributed by atoms with van der Waals surface area (Å²) in [5.41, 5.74) is 0. The Hall–Kier alpha value is -0.0800. The minimum atomic E-state index is -0.279. The molecule has 0 rings (SSSR count). The number of nitrogens with one attached hydrogen (secondary N) is 1. The Bertz CT molecular complexity index is 244. The smallest absolute Gasteiger partial charge is 0.104 e. The molecule has 0 aliphatic heterocycles. The Kier molecular flexibility index (Phi) is 22.9. The van der Waals surface area contributed by atoms with Crippen molar-refractivity contribution in [2.24, 2.45) is 0 Å². The van der Waals surface area contributed by atoms with Gasteiger partial charge >= 0.3 is 0 Å². The SMILES string of the molecule is CCCCCCCCCCCCCCCCCC(O)NCCCCCC. The van der Waals surface area contributed by atoms with E-state index in [-0.39, 0.29) is 6.23 Å². The zero-order valence-corrected chi connectivity index (χ0v) is 18.4. The van der Waals surface area contributed by atoms with Gasteiger partial charge in [-0.2, -0.15) is 0 Å². The second-order valence-electron chi connectivity index (χ2n) is 8.27. The molecule has 0 amide bonds. The maximum atomic E-state index is 9.90.